The summed E-state index contributed by atoms with van der Waals surface area (Å²) in [6, 6.07) is 0.511. The van der Waals surface area contributed by atoms with E-state index < -0.39 is 0 Å². The van der Waals surface area contributed by atoms with Crippen LogP contribution in [-0.4, -0.2) is 65.1 Å². The molecule has 0 aromatic carbocycles. The van der Waals surface area contributed by atoms with E-state index in [9.17, 15) is 0 Å². The molecule has 0 amide bonds. The molecule has 3 rings (SSSR count). The fourth-order valence-electron chi connectivity index (χ4n) is 2.74. The highest BCUT2D eigenvalue weighted by Gasteiger charge is 2.24. The Balaban J connectivity index is 1.93. The largest absolute Gasteiger partial charge is 0.357 e. The molecule has 3 heterocycles. The maximum atomic E-state index is 4.60. The van der Waals surface area contributed by atoms with Gasteiger partial charge in [0.1, 0.15) is 5.52 Å². The molecule has 1 aliphatic rings. The molecule has 1 aliphatic heterocycles. The number of aromatic nitrogens is 4. The van der Waals surface area contributed by atoms with Crippen LogP contribution in [0.3, 0.4) is 0 Å². The van der Waals surface area contributed by atoms with Crippen LogP contribution in [0.1, 0.15) is 12.8 Å². The van der Waals surface area contributed by atoms with Crippen molar-refractivity contribution in [1.29, 1.82) is 0 Å². The first-order valence-corrected chi connectivity index (χ1v) is 6.99. The quantitative estimate of drug-likeness (QED) is 0.868. The summed E-state index contributed by atoms with van der Waals surface area (Å²) in [4.78, 5) is 21.0. The van der Waals surface area contributed by atoms with Gasteiger partial charge < -0.3 is 20.1 Å². The Kier molecular flexibility index (Phi) is 3.43. The van der Waals surface area contributed by atoms with Gasteiger partial charge in [0.05, 0.1) is 6.33 Å². The Morgan fingerprint density at radius 2 is 2.10 bits per heavy atom. The number of piperidine rings is 1. The van der Waals surface area contributed by atoms with Crippen LogP contribution >= 0.6 is 0 Å². The number of aromatic amines is 1. The van der Waals surface area contributed by atoms with Crippen LogP contribution < -0.4 is 10.2 Å². The van der Waals surface area contributed by atoms with Gasteiger partial charge in [-0.25, -0.2) is 4.98 Å². The van der Waals surface area contributed by atoms with Crippen LogP contribution in [0, 0.1) is 0 Å². The number of H-pyrrole nitrogens is 1. The van der Waals surface area contributed by atoms with Crippen LogP contribution in [-0.2, 0) is 0 Å². The second-order valence-electron chi connectivity index (χ2n) is 5.37. The first-order valence-electron chi connectivity index (χ1n) is 6.99. The minimum absolute atomic E-state index is 0.511. The second-order valence-corrected chi connectivity index (χ2v) is 5.37. The Hall–Kier alpha value is -1.89. The highest BCUT2D eigenvalue weighted by molar-refractivity contribution is 5.84. The molecule has 1 saturated heterocycles. The molecule has 0 spiro atoms. The van der Waals surface area contributed by atoms with Crippen molar-refractivity contribution >= 4 is 22.9 Å². The van der Waals surface area contributed by atoms with Crippen molar-refractivity contribution in [2.75, 3.05) is 44.4 Å². The van der Waals surface area contributed by atoms with Crippen molar-refractivity contribution in [3.05, 3.63) is 6.33 Å². The number of nitrogens with zero attached hydrogens (tertiary/aromatic N) is 5. The lowest BCUT2D eigenvalue weighted by Crippen LogP contribution is -2.42. The van der Waals surface area contributed by atoms with Crippen molar-refractivity contribution in [2.45, 2.75) is 18.9 Å². The minimum Gasteiger partial charge on any atom is -0.357 e. The SMILES string of the molecule is CNc1nc(N(C)C2CCN(C)CC2)c2[nH]cnc2n1. The number of hydrogen-bond acceptors (Lipinski definition) is 6. The van der Waals surface area contributed by atoms with Gasteiger partial charge in [-0.3, -0.25) is 0 Å². The molecule has 7 heteroatoms. The van der Waals surface area contributed by atoms with E-state index in [1.807, 2.05) is 7.05 Å². The van der Waals surface area contributed by atoms with Crippen molar-refractivity contribution in [3.8, 4) is 0 Å². The van der Waals surface area contributed by atoms with Gasteiger partial charge in [-0.1, -0.05) is 0 Å². The maximum Gasteiger partial charge on any atom is 0.226 e. The van der Waals surface area contributed by atoms with Crippen LogP contribution in [0.4, 0.5) is 11.8 Å². The summed E-state index contributed by atoms with van der Waals surface area (Å²) in [6.45, 7) is 2.26. The summed E-state index contributed by atoms with van der Waals surface area (Å²) < 4.78 is 0. The summed E-state index contributed by atoms with van der Waals surface area (Å²) in [5.41, 5.74) is 1.62. The molecule has 2 aromatic rings. The van der Waals surface area contributed by atoms with Crippen LogP contribution in [0.2, 0.25) is 0 Å². The molecule has 0 unspecified atom stereocenters. The smallest absolute Gasteiger partial charge is 0.226 e. The van der Waals surface area contributed by atoms with Gasteiger partial charge in [-0.15, -0.1) is 0 Å². The van der Waals surface area contributed by atoms with Crippen LogP contribution in [0.25, 0.3) is 11.2 Å². The van der Waals surface area contributed by atoms with E-state index in [1.165, 1.54) is 0 Å². The summed E-state index contributed by atoms with van der Waals surface area (Å²) in [7, 11) is 6.11. The third-order valence-corrected chi connectivity index (χ3v) is 4.06. The van der Waals surface area contributed by atoms with Gasteiger partial charge in [0.25, 0.3) is 0 Å². The predicted octanol–water partition coefficient (Wildman–Crippen LogP) is 0.925. The molecule has 20 heavy (non-hydrogen) atoms. The number of nitrogens with one attached hydrogen (secondary N) is 2. The van der Waals surface area contributed by atoms with Gasteiger partial charge in [-0.2, -0.15) is 9.97 Å². The van der Waals surface area contributed by atoms with E-state index in [0.29, 0.717) is 17.6 Å². The van der Waals surface area contributed by atoms with E-state index in [4.69, 9.17) is 0 Å². The number of imidazole rings is 1. The Morgan fingerprint density at radius 1 is 1.35 bits per heavy atom. The molecular weight excluding hydrogens is 254 g/mol. The molecule has 7 nitrogen and oxygen atoms in total. The fraction of sp³-hybridized carbons (Fsp3) is 0.615. The number of anilines is 2. The first-order chi connectivity index (χ1) is 9.69. The highest BCUT2D eigenvalue weighted by atomic mass is 15.3. The lowest BCUT2D eigenvalue weighted by molar-refractivity contribution is 0.252. The monoisotopic (exact) mass is 275 g/mol. The average Bonchev–Trinajstić information content (AvgIpc) is 2.94. The number of hydrogen-bond donors (Lipinski definition) is 2. The molecule has 0 aliphatic carbocycles. The molecule has 0 atom stereocenters. The molecule has 0 radical (unpaired) electrons. The Morgan fingerprint density at radius 3 is 2.80 bits per heavy atom. The second kappa shape index (κ2) is 5.24. The van der Waals surface area contributed by atoms with Gasteiger partial charge in [-0.05, 0) is 33.0 Å². The molecule has 0 bridgehead atoms. The molecule has 1 fully saturated rings. The van der Waals surface area contributed by atoms with E-state index >= 15 is 0 Å². The topological polar surface area (TPSA) is 73.0 Å². The van der Waals surface area contributed by atoms with Gasteiger partial charge >= 0.3 is 0 Å². The Labute approximate surface area is 118 Å². The third-order valence-electron chi connectivity index (χ3n) is 4.06. The van der Waals surface area contributed by atoms with Gasteiger partial charge in [0.15, 0.2) is 11.5 Å². The Bertz CT molecular complexity index is 585. The van der Waals surface area contributed by atoms with Crippen molar-refractivity contribution in [3.63, 3.8) is 0 Å². The fourth-order valence-corrected chi connectivity index (χ4v) is 2.74. The molecule has 0 saturated carbocycles. The summed E-state index contributed by atoms with van der Waals surface area (Å²) in [5.74, 6) is 1.53. The number of likely N-dealkylation sites (tertiary alicyclic amines) is 1. The van der Waals surface area contributed by atoms with E-state index in [1.54, 1.807) is 6.33 Å². The predicted molar refractivity (Wildman–Crippen MR) is 80.2 cm³/mol. The third kappa shape index (κ3) is 2.29. The van der Waals surface area contributed by atoms with E-state index in [2.05, 4.69) is 49.1 Å². The van der Waals surface area contributed by atoms with Crippen LogP contribution in [0.5, 0.6) is 0 Å². The normalized spacial score (nSPS) is 17.6. The first kappa shape index (κ1) is 13.1. The van der Waals surface area contributed by atoms with E-state index in [0.717, 1.165) is 37.3 Å². The molecule has 2 aromatic heterocycles. The molecule has 2 N–H and O–H groups in total. The number of rotatable bonds is 3. The van der Waals surface area contributed by atoms with Gasteiger partial charge in [0, 0.05) is 20.1 Å². The molecule has 108 valence electrons. The lowest BCUT2D eigenvalue weighted by atomic mass is 10.0. The number of fused-ring (bicyclic) bond motifs is 1. The zero-order valence-electron chi connectivity index (χ0n) is 12.2. The van der Waals surface area contributed by atoms with E-state index in [-0.39, 0.29) is 0 Å². The van der Waals surface area contributed by atoms with Gasteiger partial charge in [0.2, 0.25) is 5.95 Å². The summed E-state index contributed by atoms with van der Waals surface area (Å²) in [6.07, 6.45) is 3.98. The average molecular weight is 275 g/mol. The summed E-state index contributed by atoms with van der Waals surface area (Å²) in [5, 5.41) is 3.00. The maximum absolute atomic E-state index is 4.60. The van der Waals surface area contributed by atoms with Crippen molar-refractivity contribution in [1.82, 2.24) is 24.8 Å². The van der Waals surface area contributed by atoms with Crippen LogP contribution in [0.15, 0.2) is 6.33 Å². The summed E-state index contributed by atoms with van der Waals surface area (Å²) >= 11 is 0. The zero-order chi connectivity index (χ0) is 14.1. The van der Waals surface area contributed by atoms with Crippen molar-refractivity contribution in [2.24, 2.45) is 0 Å². The standard InChI is InChI=1S/C13H21N7/c1-14-13-17-11-10(15-8-16-11)12(18-13)20(3)9-4-6-19(2)7-5-9/h8-9H,4-7H2,1-3H3,(H2,14,15,16,17,18). The lowest BCUT2D eigenvalue weighted by Gasteiger charge is -2.35. The van der Waals surface area contributed by atoms with Crippen molar-refractivity contribution < 1.29 is 0 Å². The zero-order valence-corrected chi connectivity index (χ0v) is 12.2. The molecular formula is C13H21N7. The highest BCUT2D eigenvalue weighted by Crippen LogP contribution is 2.26. The minimum atomic E-state index is 0.511.